The lowest BCUT2D eigenvalue weighted by Crippen LogP contribution is -2.07. The van der Waals surface area contributed by atoms with E-state index < -0.39 is 0 Å². The maximum absolute atomic E-state index is 5.85. The van der Waals surface area contributed by atoms with E-state index in [0.717, 1.165) is 30.8 Å². The summed E-state index contributed by atoms with van der Waals surface area (Å²) in [6, 6.07) is 18.4. The topological polar surface area (TPSA) is 18.5 Å². The molecule has 0 saturated carbocycles. The Bertz CT molecular complexity index is 494. The van der Waals surface area contributed by atoms with Crippen LogP contribution in [-0.2, 0) is 4.74 Å². The molecule has 0 unspecified atom stereocenters. The van der Waals surface area contributed by atoms with E-state index in [1.54, 1.807) is 0 Å². The molecule has 0 aliphatic heterocycles. The number of para-hydroxylation sites is 1. The summed E-state index contributed by atoms with van der Waals surface area (Å²) in [5, 5.41) is 0. The lowest BCUT2D eigenvalue weighted by Gasteiger charge is -2.11. The first-order chi connectivity index (χ1) is 9.92. The van der Waals surface area contributed by atoms with Crippen LogP contribution in [0.3, 0.4) is 0 Å². The number of hydrogen-bond acceptors (Lipinski definition) is 2. The van der Waals surface area contributed by atoms with Crippen LogP contribution in [0.2, 0.25) is 0 Å². The number of benzene rings is 2. The smallest absolute Gasteiger partial charge is 0.127 e. The average molecular weight is 270 g/mol. The molecule has 0 fully saturated rings. The third kappa shape index (κ3) is 4.39. The minimum Gasteiger partial charge on any atom is -0.491 e. The van der Waals surface area contributed by atoms with Gasteiger partial charge >= 0.3 is 0 Å². The predicted molar refractivity (Wildman–Crippen MR) is 83.1 cm³/mol. The number of unbranched alkanes of at least 4 members (excludes halogenated alkanes) is 1. The Morgan fingerprint density at radius 3 is 2.35 bits per heavy atom. The molecule has 0 spiro atoms. The van der Waals surface area contributed by atoms with Gasteiger partial charge in [-0.05, 0) is 18.1 Å². The summed E-state index contributed by atoms with van der Waals surface area (Å²) in [4.78, 5) is 0. The van der Waals surface area contributed by atoms with Crippen molar-refractivity contribution in [3.63, 3.8) is 0 Å². The zero-order chi connectivity index (χ0) is 14.0. The molecule has 2 heteroatoms. The molecule has 0 saturated heterocycles. The van der Waals surface area contributed by atoms with Crippen molar-refractivity contribution in [3.8, 4) is 16.9 Å². The molecule has 0 aromatic heterocycles. The first-order valence-electron chi connectivity index (χ1n) is 7.27. The lowest BCUT2D eigenvalue weighted by molar-refractivity contribution is 0.0982. The SMILES string of the molecule is CCCCOCCOc1ccccc1-c1ccccc1. The standard InChI is InChI=1S/C18H22O2/c1-2-3-13-19-14-15-20-18-12-8-7-11-17(18)16-9-5-4-6-10-16/h4-12H,2-3,13-15H2,1H3. The summed E-state index contributed by atoms with van der Waals surface area (Å²) in [5.74, 6) is 0.915. The number of hydrogen-bond donors (Lipinski definition) is 0. The molecule has 0 heterocycles. The number of ether oxygens (including phenoxy) is 2. The van der Waals surface area contributed by atoms with E-state index in [1.165, 1.54) is 5.56 Å². The summed E-state index contributed by atoms with van der Waals surface area (Å²) < 4.78 is 11.4. The normalized spacial score (nSPS) is 10.4. The molecular formula is C18H22O2. The fourth-order valence-electron chi connectivity index (χ4n) is 2.01. The monoisotopic (exact) mass is 270 g/mol. The van der Waals surface area contributed by atoms with Gasteiger partial charge in [-0.2, -0.15) is 0 Å². The average Bonchev–Trinajstić information content (AvgIpc) is 2.52. The molecule has 2 nitrogen and oxygen atoms in total. The van der Waals surface area contributed by atoms with Crippen molar-refractivity contribution < 1.29 is 9.47 Å². The molecule has 0 atom stereocenters. The molecule has 0 bridgehead atoms. The quantitative estimate of drug-likeness (QED) is 0.655. The Labute approximate surface area is 121 Å². The van der Waals surface area contributed by atoms with E-state index in [2.05, 4.69) is 25.1 Å². The van der Waals surface area contributed by atoms with E-state index in [1.807, 2.05) is 36.4 Å². The van der Waals surface area contributed by atoms with Gasteiger partial charge < -0.3 is 9.47 Å². The van der Waals surface area contributed by atoms with Gasteiger partial charge in [0.2, 0.25) is 0 Å². The highest BCUT2D eigenvalue weighted by atomic mass is 16.5. The van der Waals surface area contributed by atoms with E-state index in [-0.39, 0.29) is 0 Å². The van der Waals surface area contributed by atoms with Crippen LogP contribution < -0.4 is 4.74 Å². The molecule has 0 radical (unpaired) electrons. The Morgan fingerprint density at radius 2 is 1.55 bits per heavy atom. The first kappa shape index (κ1) is 14.6. The molecule has 0 amide bonds. The third-order valence-corrected chi connectivity index (χ3v) is 3.10. The summed E-state index contributed by atoms with van der Waals surface area (Å²) >= 11 is 0. The fraction of sp³-hybridized carbons (Fsp3) is 0.333. The van der Waals surface area contributed by atoms with Crippen LogP contribution in [0.5, 0.6) is 5.75 Å². The van der Waals surface area contributed by atoms with Crippen molar-refractivity contribution in [2.24, 2.45) is 0 Å². The summed E-state index contributed by atoms with van der Waals surface area (Å²) in [6.07, 6.45) is 2.28. The second-order valence-corrected chi connectivity index (χ2v) is 4.68. The maximum Gasteiger partial charge on any atom is 0.127 e. The molecule has 20 heavy (non-hydrogen) atoms. The van der Waals surface area contributed by atoms with Gasteiger partial charge in [-0.3, -0.25) is 0 Å². The van der Waals surface area contributed by atoms with Gasteiger partial charge in [0.1, 0.15) is 12.4 Å². The van der Waals surface area contributed by atoms with Crippen LogP contribution in [0.15, 0.2) is 54.6 Å². The van der Waals surface area contributed by atoms with E-state index in [9.17, 15) is 0 Å². The number of rotatable bonds is 8. The Balaban J connectivity index is 1.92. The van der Waals surface area contributed by atoms with Crippen molar-refractivity contribution in [2.75, 3.05) is 19.8 Å². The van der Waals surface area contributed by atoms with Crippen molar-refractivity contribution in [3.05, 3.63) is 54.6 Å². The highest BCUT2D eigenvalue weighted by molar-refractivity contribution is 5.70. The van der Waals surface area contributed by atoms with Gasteiger partial charge in [-0.15, -0.1) is 0 Å². The molecular weight excluding hydrogens is 248 g/mol. The highest BCUT2D eigenvalue weighted by Crippen LogP contribution is 2.29. The molecule has 0 aliphatic carbocycles. The van der Waals surface area contributed by atoms with Gasteiger partial charge in [0.25, 0.3) is 0 Å². The molecule has 0 N–H and O–H groups in total. The van der Waals surface area contributed by atoms with Gasteiger partial charge in [0.15, 0.2) is 0 Å². The van der Waals surface area contributed by atoms with E-state index >= 15 is 0 Å². The lowest BCUT2D eigenvalue weighted by atomic mass is 10.1. The maximum atomic E-state index is 5.85. The summed E-state index contributed by atoms with van der Waals surface area (Å²) in [7, 11) is 0. The third-order valence-electron chi connectivity index (χ3n) is 3.10. The summed E-state index contributed by atoms with van der Waals surface area (Å²) in [5.41, 5.74) is 2.30. The van der Waals surface area contributed by atoms with Crippen molar-refractivity contribution >= 4 is 0 Å². The Hall–Kier alpha value is -1.80. The van der Waals surface area contributed by atoms with Crippen LogP contribution in [-0.4, -0.2) is 19.8 Å². The molecule has 2 aromatic carbocycles. The molecule has 106 valence electrons. The van der Waals surface area contributed by atoms with Crippen molar-refractivity contribution in [1.82, 2.24) is 0 Å². The predicted octanol–water partition coefficient (Wildman–Crippen LogP) is 4.55. The minimum atomic E-state index is 0.591. The second kappa shape index (κ2) is 8.39. The molecule has 2 aromatic rings. The van der Waals surface area contributed by atoms with Gasteiger partial charge in [0.05, 0.1) is 6.61 Å². The van der Waals surface area contributed by atoms with Crippen LogP contribution in [0.25, 0.3) is 11.1 Å². The van der Waals surface area contributed by atoms with E-state index in [0.29, 0.717) is 13.2 Å². The van der Waals surface area contributed by atoms with Crippen LogP contribution in [0, 0.1) is 0 Å². The fourth-order valence-corrected chi connectivity index (χ4v) is 2.01. The summed E-state index contributed by atoms with van der Waals surface area (Å²) in [6.45, 7) is 4.22. The van der Waals surface area contributed by atoms with Gasteiger partial charge in [-0.25, -0.2) is 0 Å². The minimum absolute atomic E-state index is 0.591. The highest BCUT2D eigenvalue weighted by Gasteiger charge is 2.04. The van der Waals surface area contributed by atoms with E-state index in [4.69, 9.17) is 9.47 Å². The van der Waals surface area contributed by atoms with Crippen LogP contribution in [0.1, 0.15) is 19.8 Å². The zero-order valence-corrected chi connectivity index (χ0v) is 12.0. The van der Waals surface area contributed by atoms with Crippen LogP contribution in [0.4, 0.5) is 0 Å². The Kier molecular flexibility index (Phi) is 6.12. The van der Waals surface area contributed by atoms with Crippen LogP contribution >= 0.6 is 0 Å². The zero-order valence-electron chi connectivity index (χ0n) is 12.0. The largest absolute Gasteiger partial charge is 0.491 e. The van der Waals surface area contributed by atoms with Gasteiger partial charge in [0, 0.05) is 12.2 Å². The van der Waals surface area contributed by atoms with Crippen molar-refractivity contribution in [2.45, 2.75) is 19.8 Å². The van der Waals surface area contributed by atoms with Crippen molar-refractivity contribution in [1.29, 1.82) is 0 Å². The van der Waals surface area contributed by atoms with Gasteiger partial charge in [-0.1, -0.05) is 61.9 Å². The molecule has 0 aliphatic rings. The molecule has 2 rings (SSSR count). The Morgan fingerprint density at radius 1 is 0.800 bits per heavy atom. The second-order valence-electron chi connectivity index (χ2n) is 4.68. The first-order valence-corrected chi connectivity index (χ1v) is 7.27.